The van der Waals surface area contributed by atoms with Crippen LogP contribution in [0.1, 0.15) is 5.56 Å². The number of methoxy groups -OCH3 is 1. The monoisotopic (exact) mass is 344 g/mol. The number of rotatable bonds is 4. The summed E-state index contributed by atoms with van der Waals surface area (Å²) in [6, 6.07) is 15.0. The van der Waals surface area contributed by atoms with Gasteiger partial charge >= 0.3 is 0 Å². The van der Waals surface area contributed by atoms with Crippen molar-refractivity contribution in [3.8, 4) is 17.1 Å². The minimum Gasteiger partial charge on any atom is -0.497 e. The molecule has 0 aliphatic carbocycles. The SMILES string of the molecule is COc1ccc(/C=N/n2c(-c3ccccc3Cl)n[nH]c2=S)cc1. The second kappa shape index (κ2) is 6.76. The maximum Gasteiger partial charge on any atom is 0.216 e. The molecule has 0 bridgehead atoms. The molecule has 0 saturated carbocycles. The number of hydrogen-bond donors (Lipinski definition) is 1. The maximum absolute atomic E-state index is 6.22. The molecule has 3 aromatic rings. The van der Waals surface area contributed by atoms with Gasteiger partial charge in [0, 0.05) is 5.56 Å². The number of hydrogen-bond acceptors (Lipinski definition) is 4. The van der Waals surface area contributed by atoms with E-state index in [-0.39, 0.29) is 0 Å². The van der Waals surface area contributed by atoms with Crippen LogP contribution in [0.2, 0.25) is 5.02 Å². The normalized spacial score (nSPS) is 11.0. The van der Waals surface area contributed by atoms with Crippen molar-refractivity contribution in [2.45, 2.75) is 0 Å². The fourth-order valence-electron chi connectivity index (χ4n) is 2.03. The third-order valence-electron chi connectivity index (χ3n) is 3.20. The molecule has 0 aliphatic heterocycles. The van der Waals surface area contributed by atoms with E-state index >= 15 is 0 Å². The molecular weight excluding hydrogens is 332 g/mol. The quantitative estimate of drug-likeness (QED) is 0.571. The van der Waals surface area contributed by atoms with Gasteiger partial charge in [-0.15, -0.1) is 0 Å². The Morgan fingerprint density at radius 2 is 1.96 bits per heavy atom. The van der Waals surface area contributed by atoms with Crippen LogP contribution in [0.25, 0.3) is 11.4 Å². The molecule has 0 saturated heterocycles. The first-order chi connectivity index (χ1) is 11.2. The molecule has 7 heteroatoms. The second-order valence-electron chi connectivity index (χ2n) is 4.66. The van der Waals surface area contributed by atoms with E-state index in [1.54, 1.807) is 24.1 Å². The Morgan fingerprint density at radius 1 is 1.22 bits per heavy atom. The zero-order chi connectivity index (χ0) is 16.2. The smallest absolute Gasteiger partial charge is 0.216 e. The summed E-state index contributed by atoms with van der Waals surface area (Å²) in [7, 11) is 1.63. The van der Waals surface area contributed by atoms with Crippen LogP contribution in [0, 0.1) is 4.77 Å². The minimum absolute atomic E-state index is 0.393. The summed E-state index contributed by atoms with van der Waals surface area (Å²) in [5, 5.41) is 11.9. The van der Waals surface area contributed by atoms with Crippen LogP contribution in [0.3, 0.4) is 0 Å². The number of nitrogens with one attached hydrogen (secondary N) is 1. The number of aromatic amines is 1. The molecule has 0 spiro atoms. The van der Waals surface area contributed by atoms with Gasteiger partial charge in [0.25, 0.3) is 0 Å². The topological polar surface area (TPSA) is 55.2 Å². The van der Waals surface area contributed by atoms with E-state index < -0.39 is 0 Å². The van der Waals surface area contributed by atoms with E-state index in [4.69, 9.17) is 28.6 Å². The summed E-state index contributed by atoms with van der Waals surface area (Å²) in [5.74, 6) is 1.35. The molecule has 0 atom stereocenters. The van der Waals surface area contributed by atoms with E-state index in [9.17, 15) is 0 Å². The molecule has 0 fully saturated rings. The number of nitrogens with zero attached hydrogens (tertiary/aromatic N) is 3. The fraction of sp³-hybridized carbons (Fsp3) is 0.0625. The van der Waals surface area contributed by atoms with Crippen LogP contribution in [-0.4, -0.2) is 28.2 Å². The number of halogens is 1. The molecule has 1 aromatic heterocycles. The van der Waals surface area contributed by atoms with Gasteiger partial charge in [-0.3, -0.25) is 0 Å². The van der Waals surface area contributed by atoms with Crippen molar-refractivity contribution in [2.75, 3.05) is 7.11 Å². The molecule has 3 rings (SSSR count). The zero-order valence-electron chi connectivity index (χ0n) is 12.2. The summed E-state index contributed by atoms with van der Waals surface area (Å²) in [5.41, 5.74) is 1.67. The highest BCUT2D eigenvalue weighted by Crippen LogP contribution is 2.25. The summed E-state index contributed by atoms with van der Waals surface area (Å²) >= 11 is 11.5. The van der Waals surface area contributed by atoms with E-state index in [1.807, 2.05) is 42.5 Å². The summed E-state index contributed by atoms with van der Waals surface area (Å²) < 4.78 is 7.07. The molecular formula is C16H13ClN4OS. The largest absolute Gasteiger partial charge is 0.497 e. The van der Waals surface area contributed by atoms with Crippen LogP contribution in [0.4, 0.5) is 0 Å². The Hall–Kier alpha value is -2.44. The molecule has 23 heavy (non-hydrogen) atoms. The van der Waals surface area contributed by atoms with Gasteiger partial charge in [0.1, 0.15) is 5.75 Å². The van der Waals surface area contributed by atoms with Crippen molar-refractivity contribution in [2.24, 2.45) is 5.10 Å². The molecule has 0 unspecified atom stereocenters. The first-order valence-corrected chi connectivity index (χ1v) is 7.58. The Kier molecular flexibility index (Phi) is 4.55. The summed E-state index contributed by atoms with van der Waals surface area (Å²) in [6.07, 6.45) is 1.70. The Balaban J connectivity index is 1.97. The van der Waals surface area contributed by atoms with E-state index in [0.717, 1.165) is 16.9 Å². The third kappa shape index (κ3) is 3.33. The molecule has 0 amide bonds. The van der Waals surface area contributed by atoms with E-state index in [2.05, 4.69) is 15.3 Å². The lowest BCUT2D eigenvalue weighted by molar-refractivity contribution is 0.415. The van der Waals surface area contributed by atoms with Gasteiger partial charge in [-0.2, -0.15) is 14.9 Å². The number of ether oxygens (including phenoxy) is 1. The van der Waals surface area contributed by atoms with Gasteiger partial charge < -0.3 is 4.74 Å². The van der Waals surface area contributed by atoms with Gasteiger partial charge in [-0.25, -0.2) is 5.10 Å². The summed E-state index contributed by atoms with van der Waals surface area (Å²) in [4.78, 5) is 0. The number of benzene rings is 2. The third-order valence-corrected chi connectivity index (χ3v) is 3.80. The highest BCUT2D eigenvalue weighted by molar-refractivity contribution is 7.71. The first kappa shape index (κ1) is 15.5. The van der Waals surface area contributed by atoms with Crippen molar-refractivity contribution in [1.29, 1.82) is 0 Å². The summed E-state index contributed by atoms with van der Waals surface area (Å²) in [6.45, 7) is 0. The highest BCUT2D eigenvalue weighted by Gasteiger charge is 2.11. The predicted octanol–water partition coefficient (Wildman–Crippen LogP) is 4.15. The van der Waals surface area contributed by atoms with Crippen LogP contribution >= 0.6 is 23.8 Å². The lowest BCUT2D eigenvalue weighted by atomic mass is 10.2. The van der Waals surface area contributed by atoms with Gasteiger partial charge in [0.05, 0.1) is 18.3 Å². The number of H-pyrrole nitrogens is 1. The van der Waals surface area contributed by atoms with Crippen molar-refractivity contribution in [3.63, 3.8) is 0 Å². The van der Waals surface area contributed by atoms with Crippen molar-refractivity contribution in [3.05, 3.63) is 63.9 Å². The van der Waals surface area contributed by atoms with Crippen LogP contribution in [0.5, 0.6) is 5.75 Å². The molecule has 2 aromatic carbocycles. The highest BCUT2D eigenvalue weighted by atomic mass is 35.5. The van der Waals surface area contributed by atoms with Crippen LogP contribution < -0.4 is 4.74 Å². The molecule has 1 N–H and O–H groups in total. The van der Waals surface area contributed by atoms with Gasteiger partial charge in [-0.05, 0) is 54.2 Å². The van der Waals surface area contributed by atoms with Gasteiger partial charge in [0.2, 0.25) is 4.77 Å². The fourth-order valence-corrected chi connectivity index (χ4v) is 2.43. The predicted molar refractivity (Wildman–Crippen MR) is 93.8 cm³/mol. The van der Waals surface area contributed by atoms with Gasteiger partial charge in [0.15, 0.2) is 5.82 Å². The Labute approximate surface area is 143 Å². The molecule has 5 nitrogen and oxygen atoms in total. The van der Waals surface area contributed by atoms with Crippen molar-refractivity contribution >= 4 is 30.0 Å². The molecule has 1 heterocycles. The van der Waals surface area contributed by atoms with Gasteiger partial charge in [-0.1, -0.05) is 23.7 Å². The zero-order valence-corrected chi connectivity index (χ0v) is 13.8. The average molecular weight is 345 g/mol. The van der Waals surface area contributed by atoms with E-state index in [1.165, 1.54) is 0 Å². The molecule has 116 valence electrons. The Morgan fingerprint density at radius 3 is 2.65 bits per heavy atom. The van der Waals surface area contributed by atoms with Crippen molar-refractivity contribution in [1.82, 2.24) is 14.9 Å². The minimum atomic E-state index is 0.393. The maximum atomic E-state index is 6.22. The standard InChI is InChI=1S/C16H13ClN4OS/c1-22-12-8-6-11(7-9-12)10-18-21-15(19-20-16(21)23)13-4-2-3-5-14(13)17/h2-10H,1H3,(H,20,23)/b18-10+. The average Bonchev–Trinajstić information content (AvgIpc) is 2.94. The lowest BCUT2D eigenvalue weighted by Gasteiger charge is -2.03. The van der Waals surface area contributed by atoms with Crippen molar-refractivity contribution < 1.29 is 4.74 Å². The van der Waals surface area contributed by atoms with Crippen LogP contribution in [0.15, 0.2) is 53.6 Å². The lowest BCUT2D eigenvalue weighted by Crippen LogP contribution is -1.95. The van der Waals surface area contributed by atoms with E-state index in [0.29, 0.717) is 15.6 Å². The second-order valence-corrected chi connectivity index (χ2v) is 5.46. The first-order valence-electron chi connectivity index (χ1n) is 6.80. The van der Waals surface area contributed by atoms with Crippen LogP contribution in [-0.2, 0) is 0 Å². The molecule has 0 radical (unpaired) electrons. The molecule has 0 aliphatic rings. The Bertz CT molecular complexity index is 899. The number of aromatic nitrogens is 3.